The molecule has 0 spiro atoms. The zero-order valence-corrected chi connectivity index (χ0v) is 18.8. The Bertz CT molecular complexity index is 1010. The topological polar surface area (TPSA) is 41.9 Å². The average Bonchev–Trinajstić information content (AvgIpc) is 3.45. The van der Waals surface area contributed by atoms with Gasteiger partial charge in [0.15, 0.2) is 0 Å². The van der Waals surface area contributed by atoms with Crippen molar-refractivity contribution in [1.82, 2.24) is 19.9 Å². The summed E-state index contributed by atoms with van der Waals surface area (Å²) < 4.78 is 0. The average molecular weight is 419 g/mol. The Labute approximate surface area is 183 Å². The van der Waals surface area contributed by atoms with Gasteiger partial charge in [-0.05, 0) is 64.7 Å². The van der Waals surface area contributed by atoms with E-state index in [4.69, 9.17) is 9.97 Å². The van der Waals surface area contributed by atoms with E-state index >= 15 is 0 Å². The molecule has 0 N–H and O–H groups in total. The molecule has 4 nitrogen and oxygen atoms in total. The molecule has 2 fully saturated rings. The molecule has 0 bridgehead atoms. The summed E-state index contributed by atoms with van der Waals surface area (Å²) >= 11 is 1.87. The van der Waals surface area contributed by atoms with Crippen molar-refractivity contribution in [3.63, 3.8) is 0 Å². The summed E-state index contributed by atoms with van der Waals surface area (Å²) in [6, 6.07) is 8.75. The highest BCUT2D eigenvalue weighted by Gasteiger charge is 2.28. The van der Waals surface area contributed by atoms with Crippen LogP contribution in [0.1, 0.15) is 66.5 Å². The van der Waals surface area contributed by atoms with Gasteiger partial charge < -0.3 is 4.90 Å². The second kappa shape index (κ2) is 8.56. The summed E-state index contributed by atoms with van der Waals surface area (Å²) in [5, 5.41) is 1.28. The molecule has 5 heteroatoms. The molecule has 0 radical (unpaired) electrons. The fourth-order valence-corrected chi connectivity index (χ4v) is 6.26. The lowest BCUT2D eigenvalue weighted by atomic mass is 9.95. The summed E-state index contributed by atoms with van der Waals surface area (Å²) in [7, 11) is 2.22. The normalized spacial score (nSPS) is 18.9. The zero-order valence-electron chi connectivity index (χ0n) is 18.0. The van der Waals surface area contributed by atoms with Gasteiger partial charge in [0.1, 0.15) is 6.33 Å². The van der Waals surface area contributed by atoms with Crippen molar-refractivity contribution in [3.8, 4) is 21.8 Å². The first-order valence-corrected chi connectivity index (χ1v) is 12.1. The van der Waals surface area contributed by atoms with Gasteiger partial charge in [-0.2, -0.15) is 0 Å². The fourth-order valence-electron chi connectivity index (χ4n) is 4.98. The molecule has 0 unspecified atom stereocenters. The molecule has 1 aliphatic carbocycles. The van der Waals surface area contributed by atoms with E-state index < -0.39 is 0 Å². The predicted octanol–water partition coefficient (Wildman–Crippen LogP) is 6.04. The van der Waals surface area contributed by atoms with Crippen molar-refractivity contribution in [3.05, 3.63) is 52.9 Å². The van der Waals surface area contributed by atoms with E-state index in [-0.39, 0.29) is 0 Å². The smallest absolute Gasteiger partial charge is 0.116 e. The molecule has 1 aliphatic heterocycles. The molecule has 5 rings (SSSR count). The number of benzene rings is 1. The van der Waals surface area contributed by atoms with E-state index in [1.54, 1.807) is 6.33 Å². The Kier molecular flexibility index (Phi) is 5.66. The monoisotopic (exact) mass is 418 g/mol. The Morgan fingerprint density at radius 2 is 1.80 bits per heavy atom. The number of aromatic nitrogens is 3. The number of rotatable bonds is 4. The molecule has 3 aromatic rings. The van der Waals surface area contributed by atoms with Crippen molar-refractivity contribution in [1.29, 1.82) is 0 Å². The highest BCUT2D eigenvalue weighted by Crippen LogP contribution is 2.45. The summed E-state index contributed by atoms with van der Waals surface area (Å²) in [4.78, 5) is 18.1. The molecule has 0 atom stereocenters. The third-order valence-electron chi connectivity index (χ3n) is 6.75. The van der Waals surface area contributed by atoms with Crippen LogP contribution < -0.4 is 0 Å². The van der Waals surface area contributed by atoms with Crippen molar-refractivity contribution < 1.29 is 0 Å². The second-order valence-corrected chi connectivity index (χ2v) is 10.0. The molecule has 0 amide bonds. The minimum absolute atomic E-state index is 0.556. The van der Waals surface area contributed by atoms with Gasteiger partial charge in [0.25, 0.3) is 0 Å². The first kappa shape index (κ1) is 19.8. The maximum Gasteiger partial charge on any atom is 0.116 e. The predicted molar refractivity (Wildman–Crippen MR) is 124 cm³/mol. The first-order chi connectivity index (χ1) is 14.7. The van der Waals surface area contributed by atoms with E-state index in [1.165, 1.54) is 65.1 Å². The number of nitrogens with zero attached hydrogens (tertiary/aromatic N) is 4. The van der Waals surface area contributed by atoms with Gasteiger partial charge in [0.2, 0.25) is 0 Å². The van der Waals surface area contributed by atoms with E-state index in [0.29, 0.717) is 11.8 Å². The quantitative estimate of drug-likeness (QED) is 0.518. The van der Waals surface area contributed by atoms with Gasteiger partial charge >= 0.3 is 0 Å². The lowest BCUT2D eigenvalue weighted by Crippen LogP contribution is -2.29. The summed E-state index contributed by atoms with van der Waals surface area (Å²) in [6.45, 7) is 4.46. The molecule has 30 heavy (non-hydrogen) atoms. The highest BCUT2D eigenvalue weighted by atomic mass is 32.1. The van der Waals surface area contributed by atoms with Crippen LogP contribution in [0.2, 0.25) is 0 Å². The minimum Gasteiger partial charge on any atom is -0.306 e. The van der Waals surface area contributed by atoms with Crippen molar-refractivity contribution >= 4 is 11.3 Å². The molecular weight excluding hydrogens is 388 g/mol. The zero-order chi connectivity index (χ0) is 20.5. The molecule has 1 saturated heterocycles. The summed E-state index contributed by atoms with van der Waals surface area (Å²) in [5.41, 5.74) is 6.02. The Morgan fingerprint density at radius 1 is 1.00 bits per heavy atom. The largest absolute Gasteiger partial charge is 0.306 e. The SMILES string of the molecule is Cc1cccc(-c2nc(C3CCN(C)CC3)sc2-c2ncncc2C2CCCC2)c1. The number of hydrogen-bond donors (Lipinski definition) is 0. The van der Waals surface area contributed by atoms with Crippen LogP contribution in [-0.4, -0.2) is 40.0 Å². The minimum atomic E-state index is 0.556. The van der Waals surface area contributed by atoms with Crippen LogP contribution in [0, 0.1) is 6.92 Å². The van der Waals surface area contributed by atoms with E-state index in [1.807, 2.05) is 11.3 Å². The molecule has 1 saturated carbocycles. The number of hydrogen-bond acceptors (Lipinski definition) is 5. The second-order valence-electron chi connectivity index (χ2n) is 8.98. The molecule has 3 heterocycles. The highest BCUT2D eigenvalue weighted by molar-refractivity contribution is 7.15. The lowest BCUT2D eigenvalue weighted by molar-refractivity contribution is 0.255. The standard InChI is InChI=1S/C25H30N4S/c1-17-6-5-9-20(14-17)22-24(30-25(28-22)19-10-12-29(2)13-11-19)23-21(15-26-16-27-23)18-7-3-4-8-18/h5-6,9,14-16,18-19H,3-4,7-8,10-13H2,1-2H3. The number of thiazole rings is 1. The van der Waals surface area contributed by atoms with E-state index in [2.05, 4.69) is 54.3 Å². The molecule has 2 aliphatic rings. The molecular formula is C25H30N4S. The van der Waals surface area contributed by atoms with Crippen molar-refractivity contribution in [2.45, 2.75) is 57.3 Å². The summed E-state index contributed by atoms with van der Waals surface area (Å²) in [5.74, 6) is 1.14. The van der Waals surface area contributed by atoms with E-state index in [9.17, 15) is 0 Å². The number of piperidine rings is 1. The van der Waals surface area contributed by atoms with Gasteiger partial charge in [-0.15, -0.1) is 11.3 Å². The van der Waals surface area contributed by atoms with E-state index in [0.717, 1.165) is 24.5 Å². The Morgan fingerprint density at radius 3 is 2.57 bits per heavy atom. The number of likely N-dealkylation sites (tertiary alicyclic amines) is 1. The lowest BCUT2D eigenvalue weighted by Gasteiger charge is -2.27. The van der Waals surface area contributed by atoms with Crippen molar-refractivity contribution in [2.75, 3.05) is 20.1 Å². The van der Waals surface area contributed by atoms with Crippen LogP contribution in [0.4, 0.5) is 0 Å². The molecule has 1 aromatic carbocycles. The van der Waals surface area contributed by atoms with Gasteiger partial charge in [-0.1, -0.05) is 36.6 Å². The van der Waals surface area contributed by atoms with Gasteiger partial charge in [-0.25, -0.2) is 15.0 Å². The fraction of sp³-hybridized carbons (Fsp3) is 0.480. The maximum atomic E-state index is 5.25. The van der Waals surface area contributed by atoms with Gasteiger partial charge in [-0.3, -0.25) is 0 Å². The third kappa shape index (κ3) is 3.93. The van der Waals surface area contributed by atoms with Crippen LogP contribution in [0.25, 0.3) is 21.8 Å². The van der Waals surface area contributed by atoms with Crippen molar-refractivity contribution in [2.24, 2.45) is 0 Å². The van der Waals surface area contributed by atoms with Gasteiger partial charge in [0, 0.05) is 23.2 Å². The van der Waals surface area contributed by atoms with Crippen LogP contribution >= 0.6 is 11.3 Å². The van der Waals surface area contributed by atoms with Crippen LogP contribution in [0.15, 0.2) is 36.8 Å². The number of aryl methyl sites for hydroxylation is 1. The maximum absolute atomic E-state index is 5.25. The molecule has 156 valence electrons. The van der Waals surface area contributed by atoms with Crippen LogP contribution in [0.3, 0.4) is 0 Å². The third-order valence-corrected chi connectivity index (χ3v) is 7.98. The Balaban J connectivity index is 1.62. The van der Waals surface area contributed by atoms with Crippen LogP contribution in [-0.2, 0) is 0 Å². The summed E-state index contributed by atoms with van der Waals surface area (Å²) in [6.07, 6.45) is 11.3. The Hall–Kier alpha value is -2.11. The van der Waals surface area contributed by atoms with Gasteiger partial charge in [0.05, 0.1) is 21.3 Å². The first-order valence-electron chi connectivity index (χ1n) is 11.3. The molecule has 2 aromatic heterocycles. The van der Waals surface area contributed by atoms with Crippen LogP contribution in [0.5, 0.6) is 0 Å².